The number of nitrogens with one attached hydrogen (secondary N) is 2. The third-order valence-electron chi connectivity index (χ3n) is 6.02. The summed E-state index contributed by atoms with van der Waals surface area (Å²) in [5.41, 5.74) is 2.90. The molecule has 0 radical (unpaired) electrons. The number of carbonyl (C=O) groups excluding carboxylic acids is 1. The monoisotopic (exact) mass is 466 g/mol. The summed E-state index contributed by atoms with van der Waals surface area (Å²) >= 11 is 0. The predicted octanol–water partition coefficient (Wildman–Crippen LogP) is 4.06. The molecule has 0 bridgehead atoms. The van der Waals surface area contributed by atoms with Crippen LogP contribution in [0.15, 0.2) is 65.7 Å². The molecule has 0 aliphatic carbocycles. The number of rotatable bonds is 9. The molecule has 0 saturated carbocycles. The van der Waals surface area contributed by atoms with Crippen LogP contribution in [0.3, 0.4) is 0 Å². The van der Waals surface area contributed by atoms with E-state index in [9.17, 15) is 13.2 Å². The Morgan fingerprint density at radius 1 is 1.09 bits per heavy atom. The summed E-state index contributed by atoms with van der Waals surface area (Å²) in [6, 6.07) is 16.6. The fourth-order valence-corrected chi connectivity index (χ4v) is 5.59. The fraction of sp³-hybridized carbons (Fsp3) is 0.360. The van der Waals surface area contributed by atoms with Gasteiger partial charge in [0.25, 0.3) is 0 Å². The summed E-state index contributed by atoms with van der Waals surface area (Å²) in [6.07, 6.45) is 5.20. The number of benzene rings is 2. The minimum atomic E-state index is -3.41. The van der Waals surface area contributed by atoms with Crippen molar-refractivity contribution in [2.45, 2.75) is 50.0 Å². The van der Waals surface area contributed by atoms with E-state index in [2.05, 4.69) is 15.3 Å². The Morgan fingerprint density at radius 2 is 1.79 bits per heavy atom. The van der Waals surface area contributed by atoms with Crippen molar-refractivity contribution in [2.24, 2.45) is 0 Å². The molecule has 174 valence electrons. The van der Waals surface area contributed by atoms with Crippen LogP contribution in [0.4, 0.5) is 0 Å². The molecular formula is C25H30N4O3S. The van der Waals surface area contributed by atoms with Gasteiger partial charge in [-0.05, 0) is 48.9 Å². The minimum absolute atomic E-state index is 0.0618. The number of amides is 1. The Bertz CT molecular complexity index is 1170. The Labute approximate surface area is 195 Å². The van der Waals surface area contributed by atoms with Gasteiger partial charge in [0.05, 0.1) is 22.8 Å². The van der Waals surface area contributed by atoms with Gasteiger partial charge < -0.3 is 10.3 Å². The highest BCUT2D eigenvalue weighted by Crippen LogP contribution is 2.22. The van der Waals surface area contributed by atoms with Crippen LogP contribution < -0.4 is 5.32 Å². The van der Waals surface area contributed by atoms with Crippen molar-refractivity contribution in [2.75, 3.05) is 13.1 Å². The topological polar surface area (TPSA) is 95.2 Å². The molecule has 1 aliphatic rings. The van der Waals surface area contributed by atoms with Crippen molar-refractivity contribution in [1.29, 1.82) is 0 Å². The molecule has 1 amide bonds. The van der Waals surface area contributed by atoms with E-state index in [1.165, 1.54) is 4.31 Å². The normalized spacial score (nSPS) is 15.4. The van der Waals surface area contributed by atoms with Crippen molar-refractivity contribution in [3.63, 3.8) is 0 Å². The number of hydrogen-bond donors (Lipinski definition) is 2. The molecule has 1 fully saturated rings. The first-order valence-electron chi connectivity index (χ1n) is 11.5. The van der Waals surface area contributed by atoms with Crippen molar-refractivity contribution < 1.29 is 13.2 Å². The summed E-state index contributed by atoms with van der Waals surface area (Å²) in [5, 5.41) is 3.06. The lowest BCUT2D eigenvalue weighted by molar-refractivity contribution is -0.121. The Morgan fingerprint density at radius 3 is 2.45 bits per heavy atom. The van der Waals surface area contributed by atoms with Crippen LogP contribution in [0.1, 0.15) is 50.0 Å². The van der Waals surface area contributed by atoms with Gasteiger partial charge in [-0.25, -0.2) is 13.4 Å². The lowest BCUT2D eigenvalue weighted by Crippen LogP contribution is -2.29. The van der Waals surface area contributed by atoms with E-state index in [-0.39, 0.29) is 11.9 Å². The lowest BCUT2D eigenvalue weighted by atomic mass is 10.1. The van der Waals surface area contributed by atoms with Gasteiger partial charge in [-0.1, -0.05) is 49.4 Å². The minimum Gasteiger partial charge on any atom is -0.346 e. The molecule has 1 aliphatic heterocycles. The summed E-state index contributed by atoms with van der Waals surface area (Å²) < 4.78 is 26.8. The molecule has 3 aromatic rings. The first-order chi connectivity index (χ1) is 16.0. The van der Waals surface area contributed by atoms with Crippen LogP contribution in [-0.2, 0) is 21.2 Å². The predicted molar refractivity (Wildman–Crippen MR) is 128 cm³/mol. The molecule has 1 atom stereocenters. The molecule has 4 rings (SSSR count). The molecule has 2 N–H and O–H groups in total. The molecule has 1 unspecified atom stereocenters. The van der Waals surface area contributed by atoms with Crippen molar-refractivity contribution in [1.82, 2.24) is 19.6 Å². The van der Waals surface area contributed by atoms with Crippen LogP contribution in [0.5, 0.6) is 0 Å². The van der Waals surface area contributed by atoms with Gasteiger partial charge in [-0.3, -0.25) is 4.79 Å². The van der Waals surface area contributed by atoms with Gasteiger partial charge in [0, 0.05) is 19.5 Å². The molecule has 2 heterocycles. The van der Waals surface area contributed by atoms with E-state index in [1.54, 1.807) is 30.5 Å². The molecule has 1 aromatic heterocycles. The highest BCUT2D eigenvalue weighted by molar-refractivity contribution is 7.89. The second-order valence-electron chi connectivity index (χ2n) is 8.33. The zero-order chi connectivity index (χ0) is 23.3. The third kappa shape index (κ3) is 5.51. The average molecular weight is 467 g/mol. The zero-order valence-corrected chi connectivity index (χ0v) is 19.6. The second kappa shape index (κ2) is 10.3. The van der Waals surface area contributed by atoms with Gasteiger partial charge in [0.1, 0.15) is 5.82 Å². The number of sulfonamides is 1. The molecule has 8 heteroatoms. The number of carbonyl (C=O) groups is 1. The van der Waals surface area contributed by atoms with E-state index in [0.29, 0.717) is 30.8 Å². The Balaban J connectivity index is 1.32. The maximum Gasteiger partial charge on any atom is 0.243 e. The van der Waals surface area contributed by atoms with Crippen molar-refractivity contribution in [3.05, 3.63) is 72.2 Å². The van der Waals surface area contributed by atoms with E-state index in [0.717, 1.165) is 41.9 Å². The number of H-pyrrole nitrogens is 1. The standard InChI is InChI=1S/C25H30N4O3S/c1-2-22(25-26-18-23(28-25)20-8-4-3-5-9-20)27-24(30)15-12-19-10-13-21(14-11-19)33(31,32)29-16-6-7-17-29/h3-5,8-11,13-14,18,22H,2,6-7,12,15-17H2,1H3,(H,26,28)(H,27,30). The highest BCUT2D eigenvalue weighted by Gasteiger charge is 2.27. The quantitative estimate of drug-likeness (QED) is 0.497. The van der Waals surface area contributed by atoms with Gasteiger partial charge in [0.2, 0.25) is 15.9 Å². The molecule has 7 nitrogen and oxygen atoms in total. The van der Waals surface area contributed by atoms with E-state index in [4.69, 9.17) is 0 Å². The highest BCUT2D eigenvalue weighted by atomic mass is 32.2. The molecule has 0 spiro atoms. The van der Waals surface area contributed by atoms with Crippen LogP contribution in [0.2, 0.25) is 0 Å². The van der Waals surface area contributed by atoms with Crippen LogP contribution in [0.25, 0.3) is 11.3 Å². The fourth-order valence-electron chi connectivity index (χ4n) is 4.07. The van der Waals surface area contributed by atoms with Gasteiger partial charge in [-0.2, -0.15) is 4.31 Å². The van der Waals surface area contributed by atoms with Crippen molar-refractivity contribution in [3.8, 4) is 11.3 Å². The number of nitrogens with zero attached hydrogens (tertiary/aromatic N) is 2. The average Bonchev–Trinajstić information content (AvgIpc) is 3.55. The molecule has 33 heavy (non-hydrogen) atoms. The van der Waals surface area contributed by atoms with Gasteiger partial charge in [0.15, 0.2) is 0 Å². The summed E-state index contributed by atoms with van der Waals surface area (Å²) in [6.45, 7) is 3.19. The van der Waals surface area contributed by atoms with E-state index in [1.807, 2.05) is 37.3 Å². The number of aryl methyl sites for hydroxylation is 1. The Kier molecular flexibility index (Phi) is 7.25. The summed E-state index contributed by atoms with van der Waals surface area (Å²) in [4.78, 5) is 20.7. The SMILES string of the molecule is CCC(NC(=O)CCc1ccc(S(=O)(=O)N2CCCC2)cc1)c1ncc(-c2ccccc2)[nH]1. The number of aromatic nitrogens is 2. The number of imidazole rings is 1. The number of aromatic amines is 1. The van der Waals surface area contributed by atoms with Crippen LogP contribution in [-0.4, -0.2) is 41.7 Å². The maximum atomic E-state index is 12.6. The van der Waals surface area contributed by atoms with Crippen LogP contribution in [0, 0.1) is 0 Å². The maximum absolute atomic E-state index is 12.6. The largest absolute Gasteiger partial charge is 0.346 e. The number of hydrogen-bond acceptors (Lipinski definition) is 4. The van der Waals surface area contributed by atoms with Gasteiger partial charge >= 0.3 is 0 Å². The Hall–Kier alpha value is -2.97. The van der Waals surface area contributed by atoms with Crippen molar-refractivity contribution >= 4 is 15.9 Å². The second-order valence-corrected chi connectivity index (χ2v) is 10.3. The summed E-state index contributed by atoms with van der Waals surface area (Å²) in [5.74, 6) is 0.675. The van der Waals surface area contributed by atoms with E-state index < -0.39 is 10.0 Å². The lowest BCUT2D eigenvalue weighted by Gasteiger charge is -2.16. The van der Waals surface area contributed by atoms with E-state index >= 15 is 0 Å². The summed E-state index contributed by atoms with van der Waals surface area (Å²) in [7, 11) is -3.41. The third-order valence-corrected chi connectivity index (χ3v) is 7.93. The first kappa shape index (κ1) is 23.2. The first-order valence-corrected chi connectivity index (χ1v) is 12.9. The molecular weight excluding hydrogens is 436 g/mol. The van der Waals surface area contributed by atoms with Crippen LogP contribution >= 0.6 is 0 Å². The smallest absolute Gasteiger partial charge is 0.243 e. The molecule has 1 saturated heterocycles. The molecule has 2 aromatic carbocycles. The zero-order valence-electron chi connectivity index (χ0n) is 18.8. The van der Waals surface area contributed by atoms with Gasteiger partial charge in [-0.15, -0.1) is 0 Å².